The van der Waals surface area contributed by atoms with Crippen molar-refractivity contribution >= 4 is 46.4 Å². The lowest BCUT2D eigenvalue weighted by atomic mass is 10.2. The number of carbonyl (C=O) groups excluding carboxylic acids is 2. The van der Waals surface area contributed by atoms with Crippen LogP contribution in [0, 0.1) is 0 Å². The van der Waals surface area contributed by atoms with Crippen molar-refractivity contribution in [3.63, 3.8) is 0 Å². The lowest BCUT2D eigenvalue weighted by molar-refractivity contribution is -0.123. The van der Waals surface area contributed by atoms with Gasteiger partial charge in [-0.3, -0.25) is 9.59 Å². The van der Waals surface area contributed by atoms with Crippen LogP contribution in [0.1, 0.15) is 13.3 Å². The summed E-state index contributed by atoms with van der Waals surface area (Å²) in [7, 11) is 0. The lowest BCUT2D eigenvalue weighted by Gasteiger charge is -2.08. The normalized spacial score (nSPS) is 12.4. The third-order valence-electron chi connectivity index (χ3n) is 3.70. The van der Waals surface area contributed by atoms with E-state index >= 15 is 0 Å². The summed E-state index contributed by atoms with van der Waals surface area (Å²) in [6.45, 7) is 1.49. The lowest BCUT2D eigenvalue weighted by Crippen LogP contribution is -2.26. The number of hydrazone groups is 1. The fourth-order valence-corrected chi connectivity index (χ4v) is 2.84. The topological polar surface area (TPSA) is 98.3 Å². The fraction of sp³-hybridized carbons (Fsp3) is 0.211. The van der Waals surface area contributed by atoms with E-state index in [9.17, 15) is 9.59 Å². The van der Waals surface area contributed by atoms with Crippen LogP contribution >= 0.6 is 23.2 Å². The molecule has 0 bridgehead atoms. The van der Waals surface area contributed by atoms with Gasteiger partial charge in [0.05, 0.1) is 11.4 Å². The number of hydrogen-bond acceptors (Lipinski definition) is 6. The predicted molar refractivity (Wildman–Crippen MR) is 109 cm³/mol. The average molecular weight is 438 g/mol. The second kappa shape index (κ2) is 9.49. The summed E-state index contributed by atoms with van der Waals surface area (Å²) in [5, 5.41) is 7.38. The number of fused-ring (bicyclic) bond motifs is 1. The maximum absolute atomic E-state index is 12.1. The molecule has 0 atom stereocenters. The zero-order chi connectivity index (χ0) is 20.8. The molecule has 1 aliphatic rings. The molecule has 0 saturated carbocycles. The molecule has 0 aromatic heterocycles. The van der Waals surface area contributed by atoms with Gasteiger partial charge in [0.15, 0.2) is 18.1 Å². The van der Waals surface area contributed by atoms with Gasteiger partial charge in [0.2, 0.25) is 12.7 Å². The summed E-state index contributed by atoms with van der Waals surface area (Å²) in [5.41, 5.74) is 3.32. The Kier molecular flexibility index (Phi) is 6.79. The Balaban J connectivity index is 1.44. The highest BCUT2D eigenvalue weighted by molar-refractivity contribution is 6.35. The highest BCUT2D eigenvalue weighted by atomic mass is 35.5. The predicted octanol–water partition coefficient (Wildman–Crippen LogP) is 3.62. The Morgan fingerprint density at radius 2 is 1.90 bits per heavy atom. The molecule has 0 spiro atoms. The molecule has 0 aliphatic carbocycles. The molecule has 3 rings (SSSR count). The highest BCUT2D eigenvalue weighted by Gasteiger charge is 2.14. The quantitative estimate of drug-likeness (QED) is 0.508. The molecule has 1 aliphatic heterocycles. The van der Waals surface area contributed by atoms with Gasteiger partial charge >= 0.3 is 0 Å². The average Bonchev–Trinajstić information content (AvgIpc) is 3.13. The maximum atomic E-state index is 12.1. The molecular weight excluding hydrogens is 421 g/mol. The molecule has 2 aromatic carbocycles. The molecule has 2 aromatic rings. The standard InChI is InChI=1S/C19H17Cl2N3O5/c1-11(6-18(25)22-13-3-5-16-17(8-13)29-10-28-16)23-24-19(26)9-27-15-4-2-12(20)7-14(15)21/h2-5,7-8H,6,9-10H2,1H3,(H,22,25)(H,24,26)/b23-11-. The third kappa shape index (κ3) is 6.00. The molecule has 152 valence electrons. The molecule has 0 unspecified atom stereocenters. The van der Waals surface area contributed by atoms with Crippen molar-refractivity contribution < 1.29 is 23.8 Å². The second-order valence-electron chi connectivity index (χ2n) is 6.04. The van der Waals surface area contributed by atoms with E-state index in [1.165, 1.54) is 6.07 Å². The van der Waals surface area contributed by atoms with Gasteiger partial charge in [-0.05, 0) is 37.3 Å². The fourth-order valence-electron chi connectivity index (χ4n) is 2.38. The first-order valence-corrected chi connectivity index (χ1v) is 9.25. The molecular formula is C19H17Cl2N3O5. The van der Waals surface area contributed by atoms with Crippen LogP contribution in [-0.2, 0) is 9.59 Å². The summed E-state index contributed by atoms with van der Waals surface area (Å²) < 4.78 is 15.8. The third-order valence-corrected chi connectivity index (χ3v) is 4.23. The molecule has 29 heavy (non-hydrogen) atoms. The van der Waals surface area contributed by atoms with E-state index in [2.05, 4.69) is 15.8 Å². The maximum Gasteiger partial charge on any atom is 0.277 e. The van der Waals surface area contributed by atoms with Gasteiger partial charge in [0.1, 0.15) is 5.75 Å². The van der Waals surface area contributed by atoms with Gasteiger partial charge in [0.25, 0.3) is 5.91 Å². The molecule has 0 saturated heterocycles. The Hall–Kier alpha value is -2.97. The molecule has 10 heteroatoms. The van der Waals surface area contributed by atoms with E-state index in [4.69, 9.17) is 37.4 Å². The minimum absolute atomic E-state index is 0.00140. The van der Waals surface area contributed by atoms with E-state index in [-0.39, 0.29) is 25.7 Å². The summed E-state index contributed by atoms with van der Waals surface area (Å²) in [4.78, 5) is 24.0. The Morgan fingerprint density at radius 3 is 2.69 bits per heavy atom. The summed E-state index contributed by atoms with van der Waals surface area (Å²) in [5.74, 6) is 0.747. The van der Waals surface area contributed by atoms with Gasteiger partial charge in [-0.2, -0.15) is 5.10 Å². The van der Waals surface area contributed by atoms with Crippen LogP contribution in [0.25, 0.3) is 0 Å². The molecule has 0 radical (unpaired) electrons. The Labute approximate surface area is 176 Å². The van der Waals surface area contributed by atoms with Crippen LogP contribution in [0.15, 0.2) is 41.5 Å². The monoisotopic (exact) mass is 437 g/mol. The number of carbonyl (C=O) groups is 2. The van der Waals surface area contributed by atoms with Crippen molar-refractivity contribution in [3.8, 4) is 17.2 Å². The van der Waals surface area contributed by atoms with Crippen molar-refractivity contribution in [2.24, 2.45) is 5.10 Å². The number of hydrogen-bond donors (Lipinski definition) is 2. The van der Waals surface area contributed by atoms with Crippen LogP contribution in [0.4, 0.5) is 5.69 Å². The van der Waals surface area contributed by atoms with Crippen molar-refractivity contribution in [1.29, 1.82) is 0 Å². The van der Waals surface area contributed by atoms with Crippen LogP contribution < -0.4 is 25.0 Å². The van der Waals surface area contributed by atoms with Crippen LogP contribution in [0.5, 0.6) is 17.2 Å². The van der Waals surface area contributed by atoms with Gasteiger partial charge in [-0.15, -0.1) is 0 Å². The minimum Gasteiger partial charge on any atom is -0.482 e. The first kappa shape index (κ1) is 20.8. The van der Waals surface area contributed by atoms with Gasteiger partial charge in [-0.1, -0.05) is 23.2 Å². The minimum atomic E-state index is -0.494. The van der Waals surface area contributed by atoms with Crippen molar-refractivity contribution in [2.45, 2.75) is 13.3 Å². The Bertz CT molecular complexity index is 965. The van der Waals surface area contributed by atoms with Crippen LogP contribution in [0.3, 0.4) is 0 Å². The molecule has 8 nitrogen and oxygen atoms in total. The van der Waals surface area contributed by atoms with Crippen LogP contribution in [0.2, 0.25) is 10.0 Å². The smallest absolute Gasteiger partial charge is 0.277 e. The number of rotatable bonds is 7. The number of anilines is 1. The number of amides is 2. The van der Waals surface area contributed by atoms with Gasteiger partial charge < -0.3 is 19.5 Å². The SMILES string of the molecule is C/C(CC(=O)Nc1ccc2c(c1)OCO2)=N/NC(=O)COc1ccc(Cl)cc1Cl. The van der Waals surface area contributed by atoms with Crippen molar-refractivity contribution in [2.75, 3.05) is 18.7 Å². The van der Waals surface area contributed by atoms with E-state index in [1.54, 1.807) is 37.3 Å². The number of nitrogens with one attached hydrogen (secondary N) is 2. The summed E-state index contributed by atoms with van der Waals surface area (Å²) in [6, 6.07) is 9.77. The molecule has 2 amide bonds. The van der Waals surface area contributed by atoms with Crippen LogP contribution in [-0.4, -0.2) is 30.9 Å². The van der Waals surface area contributed by atoms with Crippen molar-refractivity contribution in [1.82, 2.24) is 5.43 Å². The Morgan fingerprint density at radius 1 is 1.10 bits per heavy atom. The number of halogens is 2. The number of ether oxygens (including phenoxy) is 3. The van der Waals surface area contributed by atoms with Crippen molar-refractivity contribution in [3.05, 3.63) is 46.4 Å². The first-order valence-electron chi connectivity index (χ1n) is 8.50. The molecule has 0 fully saturated rings. The zero-order valence-corrected chi connectivity index (χ0v) is 16.8. The van der Waals surface area contributed by atoms with Gasteiger partial charge in [-0.25, -0.2) is 5.43 Å². The largest absolute Gasteiger partial charge is 0.482 e. The second-order valence-corrected chi connectivity index (χ2v) is 6.88. The highest BCUT2D eigenvalue weighted by Crippen LogP contribution is 2.34. The van der Waals surface area contributed by atoms with E-state index in [0.29, 0.717) is 38.7 Å². The summed E-state index contributed by atoms with van der Waals surface area (Å²) >= 11 is 11.8. The molecule has 1 heterocycles. The molecule has 2 N–H and O–H groups in total. The van der Waals surface area contributed by atoms with Gasteiger partial charge in [0, 0.05) is 22.5 Å². The number of benzene rings is 2. The van der Waals surface area contributed by atoms with E-state index in [0.717, 1.165) is 0 Å². The zero-order valence-electron chi connectivity index (χ0n) is 15.3. The number of nitrogens with zero attached hydrogens (tertiary/aromatic N) is 1. The first-order chi connectivity index (χ1) is 13.9. The summed E-state index contributed by atoms with van der Waals surface area (Å²) in [6.07, 6.45) is -0.00140. The van der Waals surface area contributed by atoms with E-state index in [1.807, 2.05) is 0 Å². The van der Waals surface area contributed by atoms with E-state index < -0.39 is 5.91 Å².